The molecule has 0 amide bonds. The van der Waals surface area contributed by atoms with Crippen LogP contribution in [0.2, 0.25) is 0 Å². The molecule has 0 fully saturated rings. The summed E-state index contributed by atoms with van der Waals surface area (Å²) in [5, 5.41) is 24.2. The Morgan fingerprint density at radius 3 is 1.20 bits per heavy atom. The minimum atomic E-state index is -5.28. The Labute approximate surface area is 515 Å². The Bertz CT molecular complexity index is 5970. The summed E-state index contributed by atoms with van der Waals surface area (Å²) < 4.78 is 105. The summed E-state index contributed by atoms with van der Waals surface area (Å²) in [5.41, 5.74) is 3.82. The lowest BCUT2D eigenvalue weighted by Gasteiger charge is -2.30. The van der Waals surface area contributed by atoms with Crippen molar-refractivity contribution >= 4 is 115 Å². The molecule has 0 saturated heterocycles. The van der Waals surface area contributed by atoms with E-state index in [0.29, 0.717) is 56.3 Å². The van der Waals surface area contributed by atoms with Crippen molar-refractivity contribution in [3.05, 3.63) is 295 Å². The predicted octanol–water partition coefficient (Wildman–Crippen LogP) is 22.2. The van der Waals surface area contributed by atoms with Crippen LogP contribution in [0.1, 0.15) is 27.9 Å². The van der Waals surface area contributed by atoms with Crippen LogP contribution in [0.3, 0.4) is 0 Å². The van der Waals surface area contributed by atoms with Crippen molar-refractivity contribution in [3.63, 3.8) is 0 Å². The van der Waals surface area contributed by atoms with E-state index in [9.17, 15) is 5.26 Å². The number of allylic oxidation sites excluding steroid dienone is 6. The second-order valence-electron chi connectivity index (χ2n) is 23.3. The second-order valence-corrected chi connectivity index (χ2v) is 23.3. The van der Waals surface area contributed by atoms with Gasteiger partial charge in [0.15, 0.2) is 0 Å². The minimum Gasteiger partial charge on any atom is -0.306 e. The molecule has 1 aliphatic rings. The first kappa shape index (κ1) is 53.6. The zero-order valence-corrected chi connectivity index (χ0v) is 48.2. The van der Waals surface area contributed by atoms with E-state index in [-0.39, 0.29) is 39.9 Å². The quantitative estimate of drug-likeness (QED) is 0.158. The van der Waals surface area contributed by atoms with Gasteiger partial charge in [0.1, 0.15) is 11.6 Å². The highest BCUT2D eigenvalue weighted by atomic mass is 19.4. The maximum absolute atomic E-state index is 16.2. The third-order valence-electron chi connectivity index (χ3n) is 18.3. The first-order valence-electron chi connectivity index (χ1n) is 29.9. The smallest absolute Gasteiger partial charge is 0.306 e. The van der Waals surface area contributed by atoms with E-state index >= 15 is 26.3 Å². The van der Waals surface area contributed by atoms with E-state index < -0.39 is 29.0 Å². The molecule has 434 valence electrons. The Balaban J connectivity index is 1.25. The molecule has 4 aromatic heterocycles. The molecule has 0 atom stereocenters. The zero-order valence-electron chi connectivity index (χ0n) is 48.2. The van der Waals surface area contributed by atoms with Gasteiger partial charge in [-0.25, -0.2) is 0 Å². The molecule has 0 N–H and O–H groups in total. The first-order valence-corrected chi connectivity index (χ1v) is 29.9. The third kappa shape index (κ3) is 7.98. The number of hydrogen-bond acceptors (Lipinski definition) is 1. The van der Waals surface area contributed by atoms with E-state index in [1.54, 1.807) is 0 Å². The molecule has 17 rings (SSSR count). The highest BCUT2D eigenvalue weighted by molar-refractivity contribution is 6.25. The van der Waals surface area contributed by atoms with E-state index in [2.05, 4.69) is 12.6 Å². The van der Waals surface area contributed by atoms with Gasteiger partial charge < -0.3 is 18.3 Å². The molecule has 1 aliphatic carbocycles. The maximum atomic E-state index is 16.2. The monoisotopic (exact) mass is 1190 g/mol. The normalized spacial score (nSPS) is 13.9. The number of nitrogens with zero attached hydrogens (tertiary/aromatic N) is 5. The van der Waals surface area contributed by atoms with Crippen LogP contribution < -0.4 is 0 Å². The fraction of sp³-hybridized carbons (Fsp3) is 0.0375. The molecule has 16 aromatic rings. The molecule has 0 bridgehead atoms. The minimum absolute atomic E-state index is 0.0124. The van der Waals surface area contributed by atoms with Gasteiger partial charge in [-0.2, -0.15) is 31.6 Å². The van der Waals surface area contributed by atoms with Crippen molar-refractivity contribution in [1.82, 2.24) is 18.3 Å². The van der Waals surface area contributed by atoms with Crippen molar-refractivity contribution in [1.29, 1.82) is 5.26 Å². The number of benzene rings is 12. The standard InChI is InChI=1S/C80H47F6N5/c1-47-19-3-2-4-26-58-57-27-11-15-31-63(57)88(67(58)39-35-47)75-62(46-87)76(89-64-32-16-12-28-59(64)72-54-23-8-5-20-48(54)36-40-68(72)89)78(91-66-34-18-14-30-61(66)74-56-25-10-7-22-50(56)38-42-70(74)91)71(51-43-52(79(81,82)83)45-53(44-51)80(84,85)86)77(75)90-65-33-17-13-29-60(65)73-55-24-9-6-21-49(55)37-41-69(73)90/h2-25,27-45H,1,26H2/b4-2-,19-3-,39-35?. The molecule has 12 aromatic carbocycles. The molecule has 91 heavy (non-hydrogen) atoms. The van der Waals surface area contributed by atoms with Crippen LogP contribution in [0.4, 0.5) is 26.3 Å². The number of hydrogen-bond donors (Lipinski definition) is 0. The average molecular weight is 1190 g/mol. The van der Waals surface area contributed by atoms with E-state index in [1.165, 1.54) is 0 Å². The van der Waals surface area contributed by atoms with Gasteiger partial charge in [0.25, 0.3) is 0 Å². The van der Waals surface area contributed by atoms with Crippen LogP contribution in [-0.2, 0) is 18.8 Å². The predicted molar refractivity (Wildman–Crippen MR) is 359 cm³/mol. The van der Waals surface area contributed by atoms with Crippen LogP contribution in [0.5, 0.6) is 0 Å². The summed E-state index contributed by atoms with van der Waals surface area (Å²) in [4.78, 5) is 0. The topological polar surface area (TPSA) is 43.5 Å². The molecule has 0 unspecified atom stereocenters. The fourth-order valence-corrected chi connectivity index (χ4v) is 14.6. The van der Waals surface area contributed by atoms with Crippen molar-refractivity contribution in [2.45, 2.75) is 18.8 Å². The Morgan fingerprint density at radius 2 is 0.758 bits per heavy atom. The number of aromatic nitrogens is 4. The van der Waals surface area contributed by atoms with Gasteiger partial charge in [0.05, 0.1) is 78.2 Å². The van der Waals surface area contributed by atoms with Crippen LogP contribution >= 0.6 is 0 Å². The van der Waals surface area contributed by atoms with Crippen LogP contribution in [0.15, 0.2) is 267 Å². The summed E-state index contributed by atoms with van der Waals surface area (Å²) in [7, 11) is 0. The Morgan fingerprint density at radius 1 is 0.374 bits per heavy atom. The van der Waals surface area contributed by atoms with Gasteiger partial charge in [-0.1, -0.05) is 201 Å². The number of fused-ring (bicyclic) bond motifs is 18. The van der Waals surface area contributed by atoms with Gasteiger partial charge in [0, 0.05) is 43.3 Å². The molecular formula is C80H47F6N5. The molecule has 4 heterocycles. The molecule has 0 radical (unpaired) electrons. The molecule has 11 heteroatoms. The van der Waals surface area contributed by atoms with Gasteiger partial charge in [-0.15, -0.1) is 0 Å². The van der Waals surface area contributed by atoms with E-state index in [4.69, 9.17) is 0 Å². The number of nitriles is 1. The first-order chi connectivity index (χ1) is 44.4. The van der Waals surface area contributed by atoms with E-state index in [0.717, 1.165) is 87.7 Å². The summed E-state index contributed by atoms with van der Waals surface area (Å²) >= 11 is 0. The van der Waals surface area contributed by atoms with Gasteiger partial charge in [0.2, 0.25) is 0 Å². The number of alkyl halides is 6. The highest BCUT2D eigenvalue weighted by Gasteiger charge is 2.41. The van der Waals surface area contributed by atoms with Crippen LogP contribution in [-0.4, -0.2) is 18.3 Å². The molecule has 0 aliphatic heterocycles. The van der Waals surface area contributed by atoms with Crippen LogP contribution in [0.25, 0.3) is 149 Å². The Kier molecular flexibility index (Phi) is 11.8. The second kappa shape index (κ2) is 20.0. The SMILES string of the molecule is C=C1C=Cc2c(c3ccccc3n2-c2c(C#N)c(-n3c4ccccc4c4c5ccccc5ccc43)c(-n3c4ccccc4c4c5ccccc5ccc43)c(-c3cc(C(F)(F)F)cc(C(F)(F)F)c3)c2-n2c3ccccc3c3c4ccccc4ccc32)C/C=C\C=C/1. The van der Waals surface area contributed by atoms with Gasteiger partial charge >= 0.3 is 12.4 Å². The Hall–Kier alpha value is -11.6. The average Bonchev–Trinajstić information content (AvgIpc) is 1.60. The van der Waals surface area contributed by atoms with Gasteiger partial charge in [-0.3, -0.25) is 0 Å². The molecule has 5 nitrogen and oxygen atoms in total. The lowest BCUT2D eigenvalue weighted by Crippen LogP contribution is -2.18. The summed E-state index contributed by atoms with van der Waals surface area (Å²) in [6.07, 6.45) is 1.48. The number of para-hydroxylation sites is 4. The number of rotatable bonds is 5. The van der Waals surface area contributed by atoms with Crippen LogP contribution in [0, 0.1) is 11.3 Å². The molecule has 0 spiro atoms. The third-order valence-corrected chi connectivity index (χ3v) is 18.3. The summed E-state index contributed by atoms with van der Waals surface area (Å²) in [5.74, 6) is 0. The lowest BCUT2D eigenvalue weighted by atomic mass is 9.91. The van der Waals surface area contributed by atoms with Gasteiger partial charge in [-0.05, 0) is 122 Å². The summed E-state index contributed by atoms with van der Waals surface area (Å²) in [6, 6.07) is 71.7. The highest BCUT2D eigenvalue weighted by Crippen LogP contribution is 2.54. The zero-order chi connectivity index (χ0) is 61.6. The van der Waals surface area contributed by atoms with Crippen molar-refractivity contribution < 1.29 is 26.3 Å². The molecule has 0 saturated carbocycles. The fourth-order valence-electron chi connectivity index (χ4n) is 14.6. The van der Waals surface area contributed by atoms with Crippen molar-refractivity contribution in [2.24, 2.45) is 0 Å². The van der Waals surface area contributed by atoms with Crippen molar-refractivity contribution in [3.8, 4) is 39.9 Å². The number of halogens is 6. The van der Waals surface area contributed by atoms with Crippen molar-refractivity contribution in [2.75, 3.05) is 0 Å². The largest absolute Gasteiger partial charge is 0.416 e. The maximum Gasteiger partial charge on any atom is 0.416 e. The summed E-state index contributed by atoms with van der Waals surface area (Å²) in [6.45, 7) is 4.39. The van der Waals surface area contributed by atoms with E-state index in [1.807, 2.05) is 261 Å². The lowest BCUT2D eigenvalue weighted by molar-refractivity contribution is -0.143. The molecular weight excluding hydrogens is 1140 g/mol.